The number of anilines is 2. The Morgan fingerprint density at radius 2 is 2.00 bits per heavy atom. The first-order chi connectivity index (χ1) is 9.63. The number of pyridine rings is 1. The monoisotopic (exact) mass is 271 g/mol. The minimum absolute atomic E-state index is 0.204. The maximum atomic E-state index is 9.66. The summed E-state index contributed by atoms with van der Waals surface area (Å²) in [6.07, 6.45) is 1.85. The lowest BCUT2D eigenvalue weighted by molar-refractivity contribution is 0.110. The number of aliphatic hydroxyl groups is 1. The second kappa shape index (κ2) is 5.29. The van der Waals surface area contributed by atoms with Crippen molar-refractivity contribution in [1.82, 2.24) is 4.98 Å². The molecule has 4 nitrogen and oxygen atoms in total. The van der Waals surface area contributed by atoms with Gasteiger partial charge in [0.05, 0.1) is 11.6 Å². The standard InChI is InChI=1S/C16H21N3O/c1-11(20)12-6-8-19(9-7-12)16-5-2-13-10-14(17)3-4-15(13)18-16/h2-5,10-12,20H,6-9,17H2,1H3. The lowest BCUT2D eigenvalue weighted by Crippen LogP contribution is -2.37. The zero-order chi connectivity index (χ0) is 14.1. The smallest absolute Gasteiger partial charge is 0.129 e. The maximum absolute atomic E-state index is 9.66. The second-order valence-corrected chi connectivity index (χ2v) is 5.69. The van der Waals surface area contributed by atoms with Crippen molar-refractivity contribution in [2.75, 3.05) is 23.7 Å². The van der Waals surface area contributed by atoms with Crippen LogP contribution in [0.2, 0.25) is 0 Å². The number of nitrogen functional groups attached to an aromatic ring is 1. The van der Waals surface area contributed by atoms with Crippen molar-refractivity contribution in [2.24, 2.45) is 5.92 Å². The van der Waals surface area contributed by atoms with Gasteiger partial charge in [-0.25, -0.2) is 4.98 Å². The number of rotatable bonds is 2. The van der Waals surface area contributed by atoms with Crippen molar-refractivity contribution in [2.45, 2.75) is 25.9 Å². The van der Waals surface area contributed by atoms with E-state index in [4.69, 9.17) is 10.7 Å². The van der Waals surface area contributed by atoms with Gasteiger partial charge in [-0.1, -0.05) is 0 Å². The van der Waals surface area contributed by atoms with Crippen molar-refractivity contribution in [3.8, 4) is 0 Å². The summed E-state index contributed by atoms with van der Waals surface area (Å²) in [6, 6.07) is 9.94. The summed E-state index contributed by atoms with van der Waals surface area (Å²) in [6.45, 7) is 3.81. The van der Waals surface area contributed by atoms with Crippen molar-refractivity contribution in [3.63, 3.8) is 0 Å². The number of nitrogens with zero attached hydrogens (tertiary/aromatic N) is 2. The Morgan fingerprint density at radius 1 is 1.25 bits per heavy atom. The second-order valence-electron chi connectivity index (χ2n) is 5.69. The van der Waals surface area contributed by atoms with Crippen molar-refractivity contribution in [3.05, 3.63) is 30.3 Å². The van der Waals surface area contributed by atoms with Crippen molar-refractivity contribution < 1.29 is 5.11 Å². The van der Waals surface area contributed by atoms with E-state index in [9.17, 15) is 5.11 Å². The van der Waals surface area contributed by atoms with E-state index in [2.05, 4.69) is 17.0 Å². The summed E-state index contributed by atoms with van der Waals surface area (Å²) >= 11 is 0. The first-order valence-electron chi connectivity index (χ1n) is 7.23. The lowest BCUT2D eigenvalue weighted by atomic mass is 9.92. The highest BCUT2D eigenvalue weighted by Gasteiger charge is 2.23. The Bertz CT molecular complexity index is 604. The van der Waals surface area contributed by atoms with Crippen molar-refractivity contribution >= 4 is 22.4 Å². The molecule has 2 aromatic rings. The molecule has 1 fully saturated rings. The number of hydrogen-bond acceptors (Lipinski definition) is 4. The highest BCUT2D eigenvalue weighted by atomic mass is 16.3. The van der Waals surface area contributed by atoms with Crippen LogP contribution in [0.3, 0.4) is 0 Å². The van der Waals surface area contributed by atoms with Gasteiger partial charge in [0.15, 0.2) is 0 Å². The molecule has 1 aromatic carbocycles. The fourth-order valence-corrected chi connectivity index (χ4v) is 2.92. The predicted molar refractivity (Wildman–Crippen MR) is 82.8 cm³/mol. The van der Waals surface area contributed by atoms with Crippen LogP contribution >= 0.6 is 0 Å². The topological polar surface area (TPSA) is 62.4 Å². The van der Waals surface area contributed by atoms with Gasteiger partial charge in [-0.3, -0.25) is 0 Å². The SMILES string of the molecule is CC(O)C1CCN(c2ccc3cc(N)ccc3n2)CC1. The van der Waals surface area contributed by atoms with Crippen LogP contribution < -0.4 is 10.6 Å². The third-order valence-electron chi connectivity index (χ3n) is 4.24. The molecule has 1 saturated heterocycles. The molecule has 0 spiro atoms. The van der Waals surface area contributed by atoms with E-state index >= 15 is 0 Å². The van der Waals surface area contributed by atoms with E-state index in [0.29, 0.717) is 5.92 Å². The van der Waals surface area contributed by atoms with Crippen LogP contribution in [-0.4, -0.2) is 29.3 Å². The molecule has 3 N–H and O–H groups in total. The summed E-state index contributed by atoms with van der Waals surface area (Å²) in [4.78, 5) is 7.02. The van der Waals surface area contributed by atoms with Gasteiger partial charge in [0.1, 0.15) is 5.82 Å². The molecule has 0 radical (unpaired) electrons. The number of hydrogen-bond donors (Lipinski definition) is 2. The van der Waals surface area contributed by atoms with E-state index in [1.54, 1.807) is 0 Å². The average Bonchev–Trinajstić information content (AvgIpc) is 2.47. The van der Waals surface area contributed by atoms with Crippen LogP contribution in [0.5, 0.6) is 0 Å². The number of piperidine rings is 1. The Morgan fingerprint density at radius 3 is 2.70 bits per heavy atom. The molecule has 20 heavy (non-hydrogen) atoms. The van der Waals surface area contributed by atoms with Gasteiger partial charge in [0.25, 0.3) is 0 Å². The summed E-state index contributed by atoms with van der Waals surface area (Å²) < 4.78 is 0. The Labute approximate surface area is 119 Å². The molecule has 3 rings (SSSR count). The average molecular weight is 271 g/mol. The maximum Gasteiger partial charge on any atom is 0.129 e. The minimum atomic E-state index is -0.204. The van der Waals surface area contributed by atoms with Crippen LogP contribution in [0.1, 0.15) is 19.8 Å². The Hall–Kier alpha value is -1.81. The molecule has 1 aliphatic heterocycles. The number of aromatic nitrogens is 1. The predicted octanol–water partition coefficient (Wildman–Crippen LogP) is 2.41. The quantitative estimate of drug-likeness (QED) is 0.823. The van der Waals surface area contributed by atoms with E-state index in [0.717, 1.165) is 48.3 Å². The summed E-state index contributed by atoms with van der Waals surface area (Å²) in [5.41, 5.74) is 7.54. The van der Waals surface area contributed by atoms with Crippen LogP contribution in [0, 0.1) is 5.92 Å². The zero-order valence-electron chi connectivity index (χ0n) is 11.8. The van der Waals surface area contributed by atoms with Crippen LogP contribution in [0.15, 0.2) is 30.3 Å². The molecule has 1 unspecified atom stereocenters. The number of nitrogens with two attached hydrogens (primary N) is 1. The number of benzene rings is 1. The third kappa shape index (κ3) is 2.56. The third-order valence-corrected chi connectivity index (χ3v) is 4.24. The van der Waals surface area contributed by atoms with Crippen molar-refractivity contribution in [1.29, 1.82) is 0 Å². The van der Waals surface area contributed by atoms with Gasteiger partial charge in [0.2, 0.25) is 0 Å². The molecule has 106 valence electrons. The van der Waals surface area contributed by atoms with Crippen LogP contribution in [0.25, 0.3) is 10.9 Å². The van der Waals surface area contributed by atoms with Gasteiger partial charge < -0.3 is 15.7 Å². The van der Waals surface area contributed by atoms with E-state index in [1.807, 2.05) is 25.1 Å². The molecule has 1 aromatic heterocycles. The molecule has 0 saturated carbocycles. The molecule has 2 heterocycles. The number of aliphatic hydroxyl groups excluding tert-OH is 1. The van der Waals surface area contributed by atoms with Gasteiger partial charge in [-0.2, -0.15) is 0 Å². The van der Waals surface area contributed by atoms with Crippen LogP contribution in [-0.2, 0) is 0 Å². The Kier molecular flexibility index (Phi) is 3.49. The minimum Gasteiger partial charge on any atom is -0.399 e. The number of fused-ring (bicyclic) bond motifs is 1. The highest BCUT2D eigenvalue weighted by molar-refractivity contribution is 5.83. The van der Waals surface area contributed by atoms with Gasteiger partial charge in [-0.15, -0.1) is 0 Å². The molecular weight excluding hydrogens is 250 g/mol. The Balaban J connectivity index is 1.79. The highest BCUT2D eigenvalue weighted by Crippen LogP contribution is 2.26. The summed E-state index contributed by atoms with van der Waals surface area (Å²) in [5, 5.41) is 10.7. The molecule has 4 heteroatoms. The molecule has 1 aliphatic rings. The first-order valence-corrected chi connectivity index (χ1v) is 7.23. The zero-order valence-corrected chi connectivity index (χ0v) is 11.8. The van der Waals surface area contributed by atoms with E-state index < -0.39 is 0 Å². The summed E-state index contributed by atoms with van der Waals surface area (Å²) in [7, 11) is 0. The fourth-order valence-electron chi connectivity index (χ4n) is 2.92. The molecule has 1 atom stereocenters. The van der Waals surface area contributed by atoms with Gasteiger partial charge in [-0.05, 0) is 56.0 Å². The van der Waals surface area contributed by atoms with Gasteiger partial charge in [0, 0.05) is 24.2 Å². The first kappa shape index (κ1) is 13.2. The van der Waals surface area contributed by atoms with E-state index in [1.165, 1.54) is 0 Å². The normalized spacial score (nSPS) is 18.4. The van der Waals surface area contributed by atoms with Crippen LogP contribution in [0.4, 0.5) is 11.5 Å². The molecule has 0 aliphatic carbocycles. The molecule has 0 bridgehead atoms. The largest absolute Gasteiger partial charge is 0.399 e. The summed E-state index contributed by atoms with van der Waals surface area (Å²) in [5.74, 6) is 1.44. The lowest BCUT2D eigenvalue weighted by Gasteiger charge is -2.34. The fraction of sp³-hybridized carbons (Fsp3) is 0.438. The molecule has 0 amide bonds. The molecular formula is C16H21N3O. The van der Waals surface area contributed by atoms with E-state index in [-0.39, 0.29) is 6.10 Å². The van der Waals surface area contributed by atoms with Gasteiger partial charge >= 0.3 is 0 Å².